The minimum absolute atomic E-state index is 0.00223. The van der Waals surface area contributed by atoms with Crippen molar-refractivity contribution in [3.8, 4) is 0 Å². The third-order valence-corrected chi connectivity index (χ3v) is 4.95. The first-order valence-corrected chi connectivity index (χ1v) is 9.57. The second-order valence-corrected chi connectivity index (χ2v) is 8.00. The van der Waals surface area contributed by atoms with E-state index in [2.05, 4.69) is 4.98 Å². The van der Waals surface area contributed by atoms with Gasteiger partial charge in [0, 0.05) is 31.7 Å². The fraction of sp³-hybridized carbons (Fsp3) is 0.500. The van der Waals surface area contributed by atoms with Crippen molar-refractivity contribution in [1.29, 1.82) is 0 Å². The molecule has 0 aliphatic rings. The molecule has 0 saturated heterocycles. The Balaban J connectivity index is 2.56. The van der Waals surface area contributed by atoms with Crippen LogP contribution in [0.4, 0.5) is 11.5 Å². The second-order valence-electron chi connectivity index (χ2n) is 6.71. The molecule has 148 valence electrons. The van der Waals surface area contributed by atoms with Crippen molar-refractivity contribution in [2.24, 2.45) is 5.92 Å². The first kappa shape index (κ1) is 20.9. The minimum Gasteiger partial charge on any atom is -0.385 e. The van der Waals surface area contributed by atoms with E-state index < -0.39 is 11.2 Å². The van der Waals surface area contributed by atoms with Gasteiger partial charge in [0.1, 0.15) is 5.82 Å². The third kappa shape index (κ3) is 4.86. The van der Waals surface area contributed by atoms with Crippen LogP contribution in [0.25, 0.3) is 0 Å². The van der Waals surface area contributed by atoms with Gasteiger partial charge in [0.2, 0.25) is 0 Å². The molecule has 2 aromatic rings. The van der Waals surface area contributed by atoms with Crippen LogP contribution in [0.15, 0.2) is 21.7 Å². The number of anilines is 2. The van der Waals surface area contributed by atoms with Gasteiger partial charge in [-0.05, 0) is 31.4 Å². The van der Waals surface area contributed by atoms with Crippen LogP contribution >= 0.6 is 11.3 Å². The molecule has 0 aromatic carbocycles. The molecule has 2 heterocycles. The topological polar surface area (TPSA) is 110 Å². The van der Waals surface area contributed by atoms with Crippen molar-refractivity contribution < 1.29 is 9.53 Å². The van der Waals surface area contributed by atoms with Gasteiger partial charge in [0.25, 0.3) is 11.5 Å². The summed E-state index contributed by atoms with van der Waals surface area (Å²) in [5, 5.41) is 0. The van der Waals surface area contributed by atoms with Crippen molar-refractivity contribution >= 4 is 28.7 Å². The zero-order valence-electron chi connectivity index (χ0n) is 16.1. The number of ether oxygens (including phenoxy) is 1. The van der Waals surface area contributed by atoms with Gasteiger partial charge < -0.3 is 10.5 Å². The van der Waals surface area contributed by atoms with Gasteiger partial charge in [-0.25, -0.2) is 4.79 Å². The Morgan fingerprint density at radius 1 is 1.37 bits per heavy atom. The van der Waals surface area contributed by atoms with Crippen LogP contribution in [0.2, 0.25) is 0 Å². The van der Waals surface area contributed by atoms with Crippen LogP contribution in [0.1, 0.15) is 34.8 Å². The Morgan fingerprint density at radius 3 is 2.63 bits per heavy atom. The SMILES string of the molecule is COCCCN(C(=O)c1ccc(C)s1)c1c(N)n(CC(C)C)c(=O)[nH]c1=O. The summed E-state index contributed by atoms with van der Waals surface area (Å²) in [4.78, 5) is 42.9. The number of aryl methyl sites for hydroxylation is 1. The number of hydrogen-bond acceptors (Lipinski definition) is 6. The Bertz CT molecular complexity index is 913. The largest absolute Gasteiger partial charge is 0.385 e. The van der Waals surface area contributed by atoms with E-state index in [1.807, 2.05) is 26.8 Å². The molecule has 0 unspecified atom stereocenters. The number of carbonyl (C=O) groups is 1. The average Bonchev–Trinajstić information content (AvgIpc) is 3.03. The number of hydrogen-bond donors (Lipinski definition) is 2. The zero-order valence-corrected chi connectivity index (χ0v) is 16.9. The number of methoxy groups -OCH3 is 1. The number of rotatable bonds is 8. The summed E-state index contributed by atoms with van der Waals surface area (Å²) < 4.78 is 6.37. The van der Waals surface area contributed by atoms with Gasteiger partial charge in [-0.1, -0.05) is 13.8 Å². The van der Waals surface area contributed by atoms with E-state index in [-0.39, 0.29) is 29.9 Å². The van der Waals surface area contributed by atoms with Crippen molar-refractivity contribution in [3.05, 3.63) is 42.7 Å². The summed E-state index contributed by atoms with van der Waals surface area (Å²) in [6.07, 6.45) is 0.523. The van der Waals surface area contributed by atoms with Gasteiger partial charge in [-0.3, -0.25) is 24.0 Å². The zero-order chi connectivity index (χ0) is 20.1. The summed E-state index contributed by atoms with van der Waals surface area (Å²) in [5.74, 6) is -0.186. The number of nitrogens with two attached hydrogens (primary N) is 1. The fourth-order valence-corrected chi connectivity index (χ4v) is 3.57. The van der Waals surface area contributed by atoms with Crippen LogP contribution in [0, 0.1) is 12.8 Å². The summed E-state index contributed by atoms with van der Waals surface area (Å²) in [7, 11) is 1.57. The smallest absolute Gasteiger partial charge is 0.330 e. The first-order chi connectivity index (χ1) is 12.8. The Morgan fingerprint density at radius 2 is 2.07 bits per heavy atom. The first-order valence-electron chi connectivity index (χ1n) is 8.76. The molecule has 2 aromatic heterocycles. The second kappa shape index (κ2) is 9.01. The minimum atomic E-state index is -0.670. The third-order valence-electron chi connectivity index (χ3n) is 3.96. The van der Waals surface area contributed by atoms with Crippen molar-refractivity contribution in [3.63, 3.8) is 0 Å². The summed E-state index contributed by atoms with van der Waals surface area (Å²) in [6, 6.07) is 3.57. The van der Waals surface area contributed by atoms with Crippen LogP contribution in [0.5, 0.6) is 0 Å². The normalized spacial score (nSPS) is 11.1. The van der Waals surface area contributed by atoms with E-state index in [1.165, 1.54) is 20.8 Å². The number of aromatic amines is 1. The molecule has 0 saturated carbocycles. The highest BCUT2D eigenvalue weighted by molar-refractivity contribution is 7.14. The number of nitrogens with one attached hydrogen (secondary N) is 1. The lowest BCUT2D eigenvalue weighted by Crippen LogP contribution is -2.42. The van der Waals surface area contributed by atoms with E-state index in [0.717, 1.165) is 4.88 Å². The number of nitrogens with zero attached hydrogens (tertiary/aromatic N) is 2. The van der Waals surface area contributed by atoms with E-state index in [0.29, 0.717) is 24.4 Å². The van der Waals surface area contributed by atoms with Gasteiger partial charge in [-0.15, -0.1) is 11.3 Å². The number of thiophene rings is 1. The van der Waals surface area contributed by atoms with Crippen LogP contribution in [-0.2, 0) is 11.3 Å². The molecule has 27 heavy (non-hydrogen) atoms. The molecule has 1 amide bonds. The van der Waals surface area contributed by atoms with Crippen molar-refractivity contribution in [1.82, 2.24) is 9.55 Å². The van der Waals surface area contributed by atoms with Crippen molar-refractivity contribution in [2.75, 3.05) is 30.9 Å². The predicted octanol–water partition coefficient (Wildman–Crippen LogP) is 1.83. The molecule has 0 aliphatic carbocycles. The molecule has 0 fully saturated rings. The summed E-state index contributed by atoms with van der Waals surface area (Å²) in [5.41, 5.74) is 4.94. The number of H-pyrrole nitrogens is 1. The lowest BCUT2D eigenvalue weighted by Gasteiger charge is -2.24. The monoisotopic (exact) mass is 394 g/mol. The highest BCUT2D eigenvalue weighted by atomic mass is 32.1. The van der Waals surface area contributed by atoms with Gasteiger partial charge in [-0.2, -0.15) is 0 Å². The maximum absolute atomic E-state index is 13.1. The molecule has 0 bridgehead atoms. The molecule has 8 nitrogen and oxygen atoms in total. The van der Waals surface area contributed by atoms with Crippen LogP contribution in [-0.4, -0.2) is 35.7 Å². The van der Waals surface area contributed by atoms with E-state index in [1.54, 1.807) is 13.2 Å². The quantitative estimate of drug-likeness (QED) is 0.664. The molecule has 0 radical (unpaired) electrons. The number of nitrogen functional groups attached to an aromatic ring is 1. The number of carbonyl (C=O) groups excluding carboxylic acids is 1. The fourth-order valence-electron chi connectivity index (χ4n) is 2.75. The number of amides is 1. The molecular formula is C18H26N4O4S. The van der Waals surface area contributed by atoms with Crippen molar-refractivity contribution in [2.45, 2.75) is 33.7 Å². The van der Waals surface area contributed by atoms with E-state index in [9.17, 15) is 14.4 Å². The molecule has 3 N–H and O–H groups in total. The summed E-state index contributed by atoms with van der Waals surface area (Å²) in [6.45, 7) is 6.79. The average molecular weight is 394 g/mol. The maximum atomic E-state index is 13.1. The van der Waals surface area contributed by atoms with Crippen LogP contribution in [0.3, 0.4) is 0 Å². The maximum Gasteiger partial charge on any atom is 0.330 e. The predicted molar refractivity (Wildman–Crippen MR) is 108 cm³/mol. The molecule has 0 aliphatic heterocycles. The van der Waals surface area contributed by atoms with Gasteiger partial charge >= 0.3 is 5.69 Å². The Kier molecular flexibility index (Phi) is 6.98. The molecular weight excluding hydrogens is 368 g/mol. The standard InChI is InChI=1S/C18H26N4O4S/c1-11(2)10-22-15(19)14(16(23)20-18(22)25)21(8-5-9-26-4)17(24)13-7-6-12(3)27-13/h6-7,11H,5,8-10,19H2,1-4H3,(H,20,23,25). The molecule has 2 rings (SSSR count). The lowest BCUT2D eigenvalue weighted by atomic mass is 10.2. The lowest BCUT2D eigenvalue weighted by molar-refractivity contribution is 0.0987. The van der Waals surface area contributed by atoms with E-state index >= 15 is 0 Å². The highest BCUT2D eigenvalue weighted by Gasteiger charge is 2.26. The van der Waals surface area contributed by atoms with Crippen LogP contribution < -0.4 is 21.9 Å². The Labute approximate surface area is 161 Å². The van der Waals surface area contributed by atoms with Gasteiger partial charge in [0.15, 0.2) is 5.69 Å². The van der Waals surface area contributed by atoms with E-state index in [4.69, 9.17) is 10.5 Å². The number of aromatic nitrogens is 2. The molecule has 0 spiro atoms. The van der Waals surface area contributed by atoms with Gasteiger partial charge in [0.05, 0.1) is 4.88 Å². The highest BCUT2D eigenvalue weighted by Crippen LogP contribution is 2.23. The molecule has 9 heteroatoms. The summed E-state index contributed by atoms with van der Waals surface area (Å²) >= 11 is 1.34. The Hall–Kier alpha value is -2.39. The molecule has 0 atom stereocenters.